The van der Waals surface area contributed by atoms with Gasteiger partial charge in [-0.25, -0.2) is 4.98 Å². The van der Waals surface area contributed by atoms with E-state index >= 15 is 0 Å². The van der Waals surface area contributed by atoms with Gasteiger partial charge < -0.3 is 15.0 Å². The predicted molar refractivity (Wildman–Crippen MR) is 87.1 cm³/mol. The van der Waals surface area contributed by atoms with E-state index < -0.39 is 7.12 Å². The molecule has 2 N–H and O–H groups in total. The second-order valence-corrected chi connectivity index (χ2v) is 6.76. The third-order valence-corrected chi connectivity index (χ3v) is 4.45. The van der Waals surface area contributed by atoms with Gasteiger partial charge in [-0.05, 0) is 51.7 Å². The van der Waals surface area contributed by atoms with Crippen molar-refractivity contribution < 1.29 is 9.31 Å². The highest BCUT2D eigenvalue weighted by molar-refractivity contribution is 6.56. The number of rotatable bonds is 3. The van der Waals surface area contributed by atoms with Gasteiger partial charge in [-0.3, -0.25) is 0 Å². The molecule has 0 spiro atoms. The lowest BCUT2D eigenvalue weighted by atomic mass is 9.77. The molecule has 0 unspecified atom stereocenters. The van der Waals surface area contributed by atoms with Crippen LogP contribution in [0.4, 0.5) is 0 Å². The maximum absolute atomic E-state index is 6.14. The van der Waals surface area contributed by atoms with Crippen LogP contribution in [0.15, 0.2) is 17.7 Å². The molecular weight excluding hydrogens is 286 g/mol. The summed E-state index contributed by atoms with van der Waals surface area (Å²) >= 11 is 6.14. The predicted octanol–water partition coefficient (Wildman–Crippen LogP) is 3.02. The molecule has 1 saturated heterocycles. The van der Waals surface area contributed by atoms with E-state index in [0.29, 0.717) is 11.7 Å². The van der Waals surface area contributed by atoms with Gasteiger partial charge in [-0.2, -0.15) is 0 Å². The molecule has 0 aliphatic carbocycles. The minimum atomic E-state index is -0.462. The molecule has 4 nitrogen and oxygen atoms in total. The van der Waals surface area contributed by atoms with Crippen molar-refractivity contribution in [2.24, 2.45) is 5.73 Å². The monoisotopic (exact) mass is 308 g/mol. The lowest BCUT2D eigenvalue weighted by molar-refractivity contribution is 0.00578. The molecule has 0 bridgehead atoms. The average molecular weight is 309 g/mol. The van der Waals surface area contributed by atoms with Gasteiger partial charge in [-0.1, -0.05) is 17.7 Å². The summed E-state index contributed by atoms with van der Waals surface area (Å²) in [5, 5.41) is 0.447. The lowest BCUT2D eigenvalue weighted by Crippen LogP contribution is -2.41. The van der Waals surface area contributed by atoms with E-state index in [1.807, 2.05) is 46.8 Å². The lowest BCUT2D eigenvalue weighted by Gasteiger charge is -2.32. The number of hydrogen-bond acceptors (Lipinski definition) is 4. The van der Waals surface area contributed by atoms with Crippen molar-refractivity contribution in [3.8, 4) is 0 Å². The fourth-order valence-electron chi connectivity index (χ4n) is 2.09. The molecule has 2 rings (SSSR count). The number of halogens is 1. The molecule has 0 atom stereocenters. The third-order valence-electron chi connectivity index (χ3n) is 4.14. The zero-order chi connectivity index (χ0) is 15.8. The molecule has 21 heavy (non-hydrogen) atoms. The number of nitrogens with zero attached hydrogens (tertiary/aromatic N) is 1. The van der Waals surface area contributed by atoms with Crippen LogP contribution in [0.25, 0.3) is 6.08 Å². The van der Waals surface area contributed by atoms with Crippen molar-refractivity contribution >= 4 is 24.8 Å². The van der Waals surface area contributed by atoms with E-state index in [0.717, 1.165) is 16.6 Å². The summed E-state index contributed by atoms with van der Waals surface area (Å²) in [5.74, 6) is 0. The van der Waals surface area contributed by atoms with E-state index in [-0.39, 0.29) is 11.2 Å². The Hall–Kier alpha value is -0.875. The standard InChI is InChI=1S/C15H22BClN2O2/c1-10-6-11(13(17)19-9-10)7-12(8-18)16-20-14(2,3)15(4,5)21-16/h6-7,9H,8,18H2,1-5H3. The van der Waals surface area contributed by atoms with Crippen molar-refractivity contribution in [1.29, 1.82) is 0 Å². The average Bonchev–Trinajstić information content (AvgIpc) is 2.59. The number of pyridine rings is 1. The highest BCUT2D eigenvalue weighted by atomic mass is 35.5. The highest BCUT2D eigenvalue weighted by Gasteiger charge is 2.52. The summed E-state index contributed by atoms with van der Waals surface area (Å²) in [6.07, 6.45) is 3.64. The van der Waals surface area contributed by atoms with Crippen LogP contribution in [0.3, 0.4) is 0 Å². The molecule has 0 amide bonds. The van der Waals surface area contributed by atoms with Gasteiger partial charge in [0, 0.05) is 18.3 Å². The van der Waals surface area contributed by atoms with Crippen LogP contribution >= 0.6 is 11.6 Å². The largest absolute Gasteiger partial charge is 0.491 e. The fourth-order valence-corrected chi connectivity index (χ4v) is 2.25. The Morgan fingerprint density at radius 2 is 1.90 bits per heavy atom. The fraction of sp³-hybridized carbons (Fsp3) is 0.533. The Balaban J connectivity index is 2.33. The van der Waals surface area contributed by atoms with Crippen LogP contribution in [0.2, 0.25) is 5.15 Å². The Morgan fingerprint density at radius 3 is 2.43 bits per heavy atom. The van der Waals surface area contributed by atoms with Crippen molar-refractivity contribution in [1.82, 2.24) is 4.98 Å². The number of nitrogens with two attached hydrogens (primary N) is 1. The summed E-state index contributed by atoms with van der Waals surface area (Å²) in [5.41, 5.74) is 7.81. The van der Waals surface area contributed by atoms with E-state index in [1.165, 1.54) is 0 Å². The van der Waals surface area contributed by atoms with Gasteiger partial charge in [0.2, 0.25) is 0 Å². The van der Waals surface area contributed by atoms with Gasteiger partial charge in [0.1, 0.15) is 5.15 Å². The molecule has 1 aliphatic heterocycles. The Labute approximate surface area is 131 Å². The van der Waals surface area contributed by atoms with Crippen molar-refractivity contribution in [2.75, 3.05) is 6.54 Å². The molecule has 1 fully saturated rings. The Bertz CT molecular complexity index is 557. The smallest absolute Gasteiger partial charge is 0.400 e. The minimum Gasteiger partial charge on any atom is -0.400 e. The Kier molecular flexibility index (Phi) is 4.50. The SMILES string of the molecule is Cc1cnc(Cl)c(C=C(CN)B2OC(C)(C)C(C)(C)O2)c1. The first-order valence-electron chi connectivity index (χ1n) is 7.04. The minimum absolute atomic E-state index is 0.334. The molecule has 1 aromatic heterocycles. The third kappa shape index (κ3) is 3.32. The maximum Gasteiger partial charge on any atom is 0.491 e. The number of aromatic nitrogens is 1. The van der Waals surface area contributed by atoms with Gasteiger partial charge in [0.15, 0.2) is 0 Å². The van der Waals surface area contributed by atoms with Crippen LogP contribution in [0.1, 0.15) is 38.8 Å². The Morgan fingerprint density at radius 1 is 1.33 bits per heavy atom. The zero-order valence-electron chi connectivity index (χ0n) is 13.2. The zero-order valence-corrected chi connectivity index (χ0v) is 14.0. The maximum atomic E-state index is 6.14. The molecule has 0 radical (unpaired) electrons. The second-order valence-electron chi connectivity index (χ2n) is 6.40. The first-order valence-corrected chi connectivity index (χ1v) is 7.42. The molecule has 1 aliphatic rings. The first-order chi connectivity index (χ1) is 9.66. The number of aryl methyl sites for hydroxylation is 1. The summed E-state index contributed by atoms with van der Waals surface area (Å²) in [4.78, 5) is 4.15. The summed E-state index contributed by atoms with van der Waals surface area (Å²) in [7, 11) is -0.462. The number of hydrogen-bond donors (Lipinski definition) is 1. The van der Waals surface area contributed by atoms with Crippen LogP contribution in [0.5, 0.6) is 0 Å². The summed E-state index contributed by atoms with van der Waals surface area (Å²) < 4.78 is 12.1. The van der Waals surface area contributed by atoms with E-state index in [2.05, 4.69) is 4.98 Å². The van der Waals surface area contributed by atoms with Gasteiger partial charge in [-0.15, -0.1) is 0 Å². The molecule has 114 valence electrons. The van der Waals surface area contributed by atoms with Gasteiger partial charge >= 0.3 is 7.12 Å². The normalized spacial score (nSPS) is 20.9. The van der Waals surface area contributed by atoms with Gasteiger partial charge in [0.05, 0.1) is 11.2 Å². The molecule has 6 heteroatoms. The molecular formula is C15H22BClN2O2. The molecule has 2 heterocycles. The van der Waals surface area contributed by atoms with Crippen LogP contribution in [-0.4, -0.2) is 29.8 Å². The van der Waals surface area contributed by atoms with Crippen molar-refractivity contribution in [3.05, 3.63) is 34.0 Å². The van der Waals surface area contributed by atoms with Crippen molar-refractivity contribution in [3.63, 3.8) is 0 Å². The summed E-state index contributed by atoms with van der Waals surface area (Å²) in [6.45, 7) is 10.4. The van der Waals surface area contributed by atoms with Crippen LogP contribution in [-0.2, 0) is 9.31 Å². The highest BCUT2D eigenvalue weighted by Crippen LogP contribution is 2.38. The van der Waals surface area contributed by atoms with Crippen LogP contribution in [0, 0.1) is 6.92 Å². The summed E-state index contributed by atoms with van der Waals surface area (Å²) in [6, 6.07) is 1.97. The quantitative estimate of drug-likeness (QED) is 0.689. The van der Waals surface area contributed by atoms with E-state index in [1.54, 1.807) is 6.20 Å². The topological polar surface area (TPSA) is 57.4 Å². The van der Waals surface area contributed by atoms with Crippen molar-refractivity contribution in [2.45, 2.75) is 45.8 Å². The first kappa shape index (κ1) is 16.5. The second kappa shape index (κ2) is 5.73. The molecule has 1 aromatic rings. The molecule has 0 saturated carbocycles. The van der Waals surface area contributed by atoms with Gasteiger partial charge in [0.25, 0.3) is 0 Å². The van der Waals surface area contributed by atoms with E-state index in [4.69, 9.17) is 26.6 Å². The van der Waals surface area contributed by atoms with Crippen LogP contribution < -0.4 is 5.73 Å². The van der Waals surface area contributed by atoms with E-state index in [9.17, 15) is 0 Å². The molecule has 0 aromatic carbocycles.